The van der Waals surface area contributed by atoms with E-state index in [0.717, 1.165) is 24.4 Å². The summed E-state index contributed by atoms with van der Waals surface area (Å²) in [6.45, 7) is 7.41. The molecule has 0 amide bonds. The van der Waals surface area contributed by atoms with Gasteiger partial charge in [0.05, 0.1) is 6.26 Å². The zero-order valence-corrected chi connectivity index (χ0v) is 13.3. The molecule has 0 saturated carbocycles. The topological polar surface area (TPSA) is 29.3 Å². The molecule has 0 aliphatic carbocycles. The van der Waals surface area contributed by atoms with E-state index in [2.05, 4.69) is 49.8 Å². The van der Waals surface area contributed by atoms with Gasteiger partial charge < -0.3 is 4.42 Å². The van der Waals surface area contributed by atoms with Crippen molar-refractivity contribution in [3.05, 3.63) is 59.3 Å². The van der Waals surface area contributed by atoms with Crippen LogP contribution in [0, 0.1) is 6.92 Å². The number of furan rings is 1. The molecule has 0 radical (unpaired) electrons. The van der Waals surface area contributed by atoms with E-state index in [4.69, 9.17) is 4.42 Å². The summed E-state index contributed by atoms with van der Waals surface area (Å²) in [5.41, 5.74) is 3.71. The van der Waals surface area contributed by atoms with Crippen LogP contribution in [0.5, 0.6) is 0 Å². The maximum Gasteiger partial charge on any atom is 0.126 e. The fraction of sp³-hybridized carbons (Fsp3) is 0.389. The first kappa shape index (κ1) is 15.5. The Morgan fingerprint density at radius 2 is 2.24 bits per heavy atom. The molecule has 0 bridgehead atoms. The fourth-order valence-electron chi connectivity index (χ4n) is 2.38. The Morgan fingerprint density at radius 3 is 2.90 bits per heavy atom. The van der Waals surface area contributed by atoms with E-state index >= 15 is 0 Å². The summed E-state index contributed by atoms with van der Waals surface area (Å²) >= 11 is 0. The van der Waals surface area contributed by atoms with Gasteiger partial charge in [-0.1, -0.05) is 5.57 Å². The second kappa shape index (κ2) is 7.23. The summed E-state index contributed by atoms with van der Waals surface area (Å²) in [5, 5.41) is 0. The summed E-state index contributed by atoms with van der Waals surface area (Å²) in [4.78, 5) is 6.79. The lowest BCUT2D eigenvalue weighted by Gasteiger charge is -2.24. The smallest absolute Gasteiger partial charge is 0.126 e. The predicted molar refractivity (Wildman–Crippen MR) is 87.1 cm³/mol. The fourth-order valence-corrected chi connectivity index (χ4v) is 2.38. The molecule has 2 heterocycles. The highest BCUT2D eigenvalue weighted by atomic mass is 16.3. The van der Waals surface area contributed by atoms with E-state index < -0.39 is 0 Å². The Labute approximate surface area is 127 Å². The minimum absolute atomic E-state index is 0.444. The van der Waals surface area contributed by atoms with Crippen molar-refractivity contribution in [1.29, 1.82) is 0 Å². The van der Waals surface area contributed by atoms with Crippen LogP contribution in [0.3, 0.4) is 0 Å². The minimum Gasteiger partial charge on any atom is -0.465 e. The summed E-state index contributed by atoms with van der Waals surface area (Å²) in [6.07, 6.45) is 6.65. The Hall–Kier alpha value is -1.87. The lowest BCUT2D eigenvalue weighted by atomic mass is 10.1. The van der Waals surface area contributed by atoms with Crippen LogP contribution in [-0.4, -0.2) is 29.5 Å². The molecule has 2 aromatic rings. The lowest BCUT2D eigenvalue weighted by molar-refractivity contribution is 0.276. The summed E-state index contributed by atoms with van der Waals surface area (Å²) < 4.78 is 5.35. The van der Waals surface area contributed by atoms with Crippen LogP contribution in [-0.2, 0) is 6.42 Å². The Balaban J connectivity index is 1.91. The highest BCUT2D eigenvalue weighted by Gasteiger charge is 2.11. The number of pyridine rings is 1. The SMILES string of the molecule is C/C(=C\c1ccco1)CN(C)C(C)Cc1cc(C)ccn1. The molecule has 1 unspecified atom stereocenters. The third-order valence-corrected chi connectivity index (χ3v) is 3.66. The van der Waals surface area contributed by atoms with Gasteiger partial charge in [-0.2, -0.15) is 0 Å². The first-order chi connectivity index (χ1) is 10.0. The van der Waals surface area contributed by atoms with Gasteiger partial charge in [0, 0.05) is 30.9 Å². The molecule has 0 saturated heterocycles. The molecule has 1 atom stereocenters. The molecule has 0 fully saturated rings. The van der Waals surface area contributed by atoms with Crippen molar-refractivity contribution < 1.29 is 4.42 Å². The van der Waals surface area contributed by atoms with Crippen LogP contribution < -0.4 is 0 Å². The number of hydrogen-bond donors (Lipinski definition) is 0. The predicted octanol–water partition coefficient (Wildman–Crippen LogP) is 3.95. The van der Waals surface area contributed by atoms with Gasteiger partial charge in [0.25, 0.3) is 0 Å². The molecule has 0 aliphatic rings. The molecule has 2 aromatic heterocycles. The van der Waals surface area contributed by atoms with E-state index in [1.807, 2.05) is 24.4 Å². The Bertz CT molecular complexity index is 587. The van der Waals surface area contributed by atoms with Crippen molar-refractivity contribution in [1.82, 2.24) is 9.88 Å². The zero-order valence-electron chi connectivity index (χ0n) is 13.3. The van der Waals surface area contributed by atoms with Gasteiger partial charge in [0.2, 0.25) is 0 Å². The quantitative estimate of drug-likeness (QED) is 0.804. The van der Waals surface area contributed by atoms with E-state index in [0.29, 0.717) is 6.04 Å². The summed E-state index contributed by atoms with van der Waals surface area (Å²) in [6, 6.07) is 8.53. The first-order valence-electron chi connectivity index (χ1n) is 7.37. The number of hydrogen-bond acceptors (Lipinski definition) is 3. The van der Waals surface area contributed by atoms with E-state index in [1.54, 1.807) is 6.26 Å². The molecule has 2 rings (SSSR count). The molecule has 0 aromatic carbocycles. The van der Waals surface area contributed by atoms with Gasteiger partial charge in [-0.3, -0.25) is 9.88 Å². The monoisotopic (exact) mass is 284 g/mol. The van der Waals surface area contributed by atoms with E-state index in [1.165, 1.54) is 11.1 Å². The maximum atomic E-state index is 5.35. The summed E-state index contributed by atoms with van der Waals surface area (Å²) in [5.74, 6) is 0.911. The molecular weight excluding hydrogens is 260 g/mol. The molecule has 3 heteroatoms. The van der Waals surface area contributed by atoms with Crippen LogP contribution >= 0.6 is 0 Å². The Morgan fingerprint density at radius 1 is 1.43 bits per heavy atom. The van der Waals surface area contributed by atoms with Crippen LogP contribution in [0.1, 0.15) is 30.9 Å². The molecule has 3 nitrogen and oxygen atoms in total. The van der Waals surface area contributed by atoms with Gasteiger partial charge >= 0.3 is 0 Å². The van der Waals surface area contributed by atoms with Gasteiger partial charge in [0.15, 0.2) is 0 Å². The zero-order chi connectivity index (χ0) is 15.2. The number of likely N-dealkylation sites (N-methyl/N-ethyl adjacent to an activating group) is 1. The molecule has 112 valence electrons. The lowest BCUT2D eigenvalue weighted by Crippen LogP contribution is -2.32. The van der Waals surface area contributed by atoms with Crippen molar-refractivity contribution in [3.8, 4) is 0 Å². The standard InChI is InChI=1S/C18H24N2O/c1-14-7-8-19-17(10-14)12-16(3)20(4)13-15(2)11-18-6-5-9-21-18/h5-11,16H,12-13H2,1-4H3/b15-11+. The average Bonchev–Trinajstić information content (AvgIpc) is 2.91. The second-order valence-electron chi connectivity index (χ2n) is 5.80. The molecule has 0 aliphatic heterocycles. The largest absolute Gasteiger partial charge is 0.465 e. The van der Waals surface area contributed by atoms with Crippen LogP contribution in [0.15, 0.2) is 46.7 Å². The van der Waals surface area contributed by atoms with Gasteiger partial charge in [-0.15, -0.1) is 0 Å². The number of rotatable bonds is 6. The second-order valence-corrected chi connectivity index (χ2v) is 5.80. The van der Waals surface area contributed by atoms with Crippen molar-refractivity contribution in [2.45, 2.75) is 33.2 Å². The first-order valence-corrected chi connectivity index (χ1v) is 7.37. The van der Waals surface area contributed by atoms with Crippen LogP contribution in [0.4, 0.5) is 0 Å². The molecule has 0 spiro atoms. The number of nitrogens with zero attached hydrogens (tertiary/aromatic N) is 2. The van der Waals surface area contributed by atoms with Gasteiger partial charge in [-0.05, 0) is 63.7 Å². The highest BCUT2D eigenvalue weighted by Crippen LogP contribution is 2.11. The third kappa shape index (κ3) is 4.87. The van der Waals surface area contributed by atoms with Crippen LogP contribution in [0.25, 0.3) is 6.08 Å². The maximum absolute atomic E-state index is 5.35. The number of aryl methyl sites for hydroxylation is 1. The van der Waals surface area contributed by atoms with Crippen LogP contribution in [0.2, 0.25) is 0 Å². The average molecular weight is 284 g/mol. The van der Waals surface area contributed by atoms with Gasteiger partial charge in [-0.25, -0.2) is 0 Å². The normalized spacial score (nSPS) is 13.7. The minimum atomic E-state index is 0.444. The van der Waals surface area contributed by atoms with Gasteiger partial charge in [0.1, 0.15) is 5.76 Å². The van der Waals surface area contributed by atoms with E-state index in [9.17, 15) is 0 Å². The highest BCUT2D eigenvalue weighted by molar-refractivity contribution is 5.46. The van der Waals surface area contributed by atoms with Crippen molar-refractivity contribution in [2.75, 3.05) is 13.6 Å². The third-order valence-electron chi connectivity index (χ3n) is 3.66. The summed E-state index contributed by atoms with van der Waals surface area (Å²) in [7, 11) is 2.15. The van der Waals surface area contributed by atoms with E-state index in [-0.39, 0.29) is 0 Å². The Kier molecular flexibility index (Phi) is 5.34. The number of aromatic nitrogens is 1. The molecular formula is C18H24N2O. The molecule has 21 heavy (non-hydrogen) atoms. The molecule has 0 N–H and O–H groups in total. The van der Waals surface area contributed by atoms with Crippen molar-refractivity contribution >= 4 is 6.08 Å². The van der Waals surface area contributed by atoms with Crippen molar-refractivity contribution in [3.63, 3.8) is 0 Å². The van der Waals surface area contributed by atoms with Crippen molar-refractivity contribution in [2.24, 2.45) is 0 Å².